The summed E-state index contributed by atoms with van der Waals surface area (Å²) >= 11 is 0. The first kappa shape index (κ1) is 17.2. The molecule has 0 aliphatic heterocycles. The maximum Gasteiger partial charge on any atom is 0.120 e. The van der Waals surface area contributed by atoms with E-state index < -0.39 is 5.60 Å². The molecule has 3 heteroatoms. The Morgan fingerprint density at radius 1 is 1.13 bits per heavy atom. The molecule has 1 aromatic carbocycles. The van der Waals surface area contributed by atoms with Gasteiger partial charge in [-0.3, -0.25) is 9.88 Å². The topological polar surface area (TPSA) is 36.4 Å². The fraction of sp³-hybridized carbons (Fsp3) is 0.350. The van der Waals surface area contributed by atoms with E-state index in [4.69, 9.17) is 0 Å². The van der Waals surface area contributed by atoms with E-state index in [0.29, 0.717) is 0 Å². The van der Waals surface area contributed by atoms with Crippen LogP contribution in [0.15, 0.2) is 42.7 Å². The molecule has 0 unspecified atom stereocenters. The van der Waals surface area contributed by atoms with Crippen LogP contribution < -0.4 is 0 Å². The first-order valence-corrected chi connectivity index (χ1v) is 7.76. The Hall–Kier alpha value is -2.15. The fourth-order valence-electron chi connectivity index (χ4n) is 2.26. The summed E-state index contributed by atoms with van der Waals surface area (Å²) in [7, 11) is 2.11. The summed E-state index contributed by atoms with van der Waals surface area (Å²) in [5.41, 5.74) is 3.73. The van der Waals surface area contributed by atoms with E-state index in [1.54, 1.807) is 13.8 Å². The fourth-order valence-corrected chi connectivity index (χ4v) is 2.26. The molecule has 1 aromatic heterocycles. The predicted molar refractivity (Wildman–Crippen MR) is 93.8 cm³/mol. The Morgan fingerprint density at radius 3 is 2.43 bits per heavy atom. The van der Waals surface area contributed by atoms with Crippen molar-refractivity contribution in [2.75, 3.05) is 7.05 Å². The summed E-state index contributed by atoms with van der Waals surface area (Å²) < 4.78 is 0. The summed E-state index contributed by atoms with van der Waals surface area (Å²) in [6.07, 6.45) is 3.74. The van der Waals surface area contributed by atoms with Crippen molar-refractivity contribution in [3.05, 3.63) is 65.0 Å². The Labute approximate surface area is 139 Å². The van der Waals surface area contributed by atoms with Gasteiger partial charge < -0.3 is 5.11 Å². The van der Waals surface area contributed by atoms with E-state index in [1.807, 2.05) is 24.5 Å². The minimum Gasteiger partial charge on any atom is -0.378 e. The molecule has 2 rings (SSSR count). The average Bonchev–Trinajstić information content (AvgIpc) is 2.48. The molecule has 0 saturated heterocycles. The number of nitrogens with zero attached hydrogens (tertiary/aromatic N) is 2. The molecule has 0 atom stereocenters. The van der Waals surface area contributed by atoms with Gasteiger partial charge >= 0.3 is 0 Å². The number of hydrogen-bond donors (Lipinski definition) is 1. The van der Waals surface area contributed by atoms with E-state index in [2.05, 4.69) is 53.9 Å². The highest BCUT2D eigenvalue weighted by molar-refractivity contribution is 5.37. The first-order valence-electron chi connectivity index (χ1n) is 7.76. The molecule has 0 radical (unpaired) electrons. The standard InChI is InChI=1S/C20H24N2O/c1-16-13-21-12-10-19(16)15-22(4)14-18-7-5-17(6-8-18)9-11-20(2,3)23/h5-8,10,12-13,23H,14-15H2,1-4H3. The Kier molecular flexibility index (Phi) is 5.54. The van der Waals surface area contributed by atoms with Gasteiger partial charge in [0, 0.05) is 31.0 Å². The zero-order valence-corrected chi connectivity index (χ0v) is 14.3. The van der Waals surface area contributed by atoms with Crippen LogP contribution in [0.5, 0.6) is 0 Å². The maximum atomic E-state index is 9.63. The second kappa shape index (κ2) is 7.41. The molecule has 0 aliphatic carbocycles. The van der Waals surface area contributed by atoms with Crippen LogP contribution in [0, 0.1) is 18.8 Å². The number of pyridine rings is 1. The molecule has 23 heavy (non-hydrogen) atoms. The largest absolute Gasteiger partial charge is 0.378 e. The number of benzene rings is 1. The average molecular weight is 308 g/mol. The van der Waals surface area contributed by atoms with Crippen LogP contribution in [-0.2, 0) is 13.1 Å². The lowest BCUT2D eigenvalue weighted by molar-refractivity contribution is 0.143. The Morgan fingerprint density at radius 2 is 1.83 bits per heavy atom. The van der Waals surface area contributed by atoms with Gasteiger partial charge in [0.05, 0.1) is 0 Å². The summed E-state index contributed by atoms with van der Waals surface area (Å²) in [6.45, 7) is 7.23. The molecule has 3 nitrogen and oxygen atoms in total. The normalized spacial score (nSPS) is 11.2. The maximum absolute atomic E-state index is 9.63. The molecule has 2 aromatic rings. The van der Waals surface area contributed by atoms with E-state index in [-0.39, 0.29) is 0 Å². The summed E-state index contributed by atoms with van der Waals surface area (Å²) in [6, 6.07) is 10.2. The molecule has 0 saturated carbocycles. The molecule has 0 spiro atoms. The van der Waals surface area contributed by atoms with Gasteiger partial charge in [0.2, 0.25) is 0 Å². The van der Waals surface area contributed by atoms with Crippen molar-refractivity contribution in [1.29, 1.82) is 0 Å². The number of aryl methyl sites for hydroxylation is 1. The lowest BCUT2D eigenvalue weighted by atomic mass is 10.1. The molecular weight excluding hydrogens is 284 g/mol. The van der Waals surface area contributed by atoms with Crippen molar-refractivity contribution < 1.29 is 5.11 Å². The summed E-state index contributed by atoms with van der Waals surface area (Å²) in [5.74, 6) is 5.82. The third-order valence-corrected chi connectivity index (χ3v) is 3.50. The van der Waals surface area contributed by atoms with Crippen molar-refractivity contribution in [3.8, 4) is 11.8 Å². The molecular formula is C20H24N2O. The Balaban J connectivity index is 1.98. The molecule has 1 heterocycles. The van der Waals surface area contributed by atoms with Crippen LogP contribution in [0.4, 0.5) is 0 Å². The van der Waals surface area contributed by atoms with Gasteiger partial charge in [0.15, 0.2) is 0 Å². The van der Waals surface area contributed by atoms with Gasteiger partial charge in [-0.2, -0.15) is 0 Å². The molecule has 0 fully saturated rings. The van der Waals surface area contributed by atoms with E-state index in [1.165, 1.54) is 16.7 Å². The summed E-state index contributed by atoms with van der Waals surface area (Å²) in [4.78, 5) is 6.41. The summed E-state index contributed by atoms with van der Waals surface area (Å²) in [5, 5.41) is 9.63. The van der Waals surface area contributed by atoms with E-state index in [9.17, 15) is 5.11 Å². The van der Waals surface area contributed by atoms with E-state index >= 15 is 0 Å². The van der Waals surface area contributed by atoms with Gasteiger partial charge in [0.1, 0.15) is 5.60 Å². The number of hydrogen-bond acceptors (Lipinski definition) is 3. The van der Waals surface area contributed by atoms with Gasteiger partial charge in [0.25, 0.3) is 0 Å². The van der Waals surface area contributed by atoms with Crippen LogP contribution in [0.2, 0.25) is 0 Å². The van der Waals surface area contributed by atoms with Gasteiger partial charge in [-0.15, -0.1) is 0 Å². The zero-order chi connectivity index (χ0) is 16.9. The minimum absolute atomic E-state index is 0.876. The van der Waals surface area contributed by atoms with Crippen LogP contribution in [0.25, 0.3) is 0 Å². The highest BCUT2D eigenvalue weighted by Gasteiger charge is 2.06. The SMILES string of the molecule is Cc1cnccc1CN(C)Cc1ccc(C#CC(C)(C)O)cc1. The highest BCUT2D eigenvalue weighted by atomic mass is 16.3. The molecule has 0 amide bonds. The first-order chi connectivity index (χ1) is 10.8. The van der Waals surface area contributed by atoms with Crippen molar-refractivity contribution in [1.82, 2.24) is 9.88 Å². The Bertz CT molecular complexity index is 703. The lowest BCUT2D eigenvalue weighted by Gasteiger charge is -2.18. The predicted octanol–water partition coefficient (Wildman–Crippen LogP) is 3.14. The molecule has 0 bridgehead atoms. The monoisotopic (exact) mass is 308 g/mol. The second-order valence-electron chi connectivity index (χ2n) is 6.48. The van der Waals surface area contributed by atoms with Crippen LogP contribution in [0.3, 0.4) is 0 Å². The third-order valence-electron chi connectivity index (χ3n) is 3.50. The molecule has 0 aliphatic rings. The smallest absolute Gasteiger partial charge is 0.120 e. The third kappa shape index (κ3) is 5.86. The van der Waals surface area contributed by atoms with Crippen LogP contribution >= 0.6 is 0 Å². The van der Waals surface area contributed by atoms with Gasteiger partial charge in [-0.25, -0.2) is 0 Å². The highest BCUT2D eigenvalue weighted by Crippen LogP contribution is 2.12. The van der Waals surface area contributed by atoms with Gasteiger partial charge in [-0.1, -0.05) is 24.0 Å². The van der Waals surface area contributed by atoms with Crippen molar-refractivity contribution in [3.63, 3.8) is 0 Å². The van der Waals surface area contributed by atoms with Crippen LogP contribution in [-0.4, -0.2) is 27.6 Å². The van der Waals surface area contributed by atoms with Crippen molar-refractivity contribution >= 4 is 0 Å². The number of rotatable bonds is 4. The van der Waals surface area contributed by atoms with Crippen LogP contribution in [0.1, 0.15) is 36.1 Å². The minimum atomic E-state index is -0.957. The lowest BCUT2D eigenvalue weighted by Crippen LogP contribution is -2.17. The van der Waals surface area contributed by atoms with Gasteiger partial charge in [-0.05, 0) is 62.7 Å². The van der Waals surface area contributed by atoms with Crippen molar-refractivity contribution in [2.45, 2.75) is 39.5 Å². The van der Waals surface area contributed by atoms with E-state index in [0.717, 1.165) is 18.7 Å². The number of aliphatic hydroxyl groups is 1. The second-order valence-corrected chi connectivity index (χ2v) is 6.48. The number of aromatic nitrogens is 1. The molecule has 1 N–H and O–H groups in total. The van der Waals surface area contributed by atoms with Crippen molar-refractivity contribution in [2.24, 2.45) is 0 Å². The zero-order valence-electron chi connectivity index (χ0n) is 14.3. The molecule has 120 valence electrons. The quantitative estimate of drug-likeness (QED) is 0.882.